The van der Waals surface area contributed by atoms with Crippen molar-refractivity contribution in [1.29, 1.82) is 0 Å². The maximum absolute atomic E-state index is 12.3. The van der Waals surface area contributed by atoms with E-state index in [1.165, 1.54) is 6.21 Å². The van der Waals surface area contributed by atoms with E-state index in [1.807, 2.05) is 6.92 Å². The molecule has 0 bridgehead atoms. The normalized spacial score (nSPS) is 10.5. The average molecular weight is 389 g/mol. The van der Waals surface area contributed by atoms with Crippen LogP contribution in [-0.2, 0) is 0 Å². The molecule has 2 aromatic rings. The molecule has 0 unspecified atom stereocenters. The van der Waals surface area contributed by atoms with Gasteiger partial charge in [-0.3, -0.25) is 4.79 Å². The van der Waals surface area contributed by atoms with Crippen LogP contribution in [0.1, 0.15) is 22.8 Å². The number of hydrazone groups is 1. The smallest absolute Gasteiger partial charge is 0.271 e. The Bertz CT molecular complexity index is 837. The summed E-state index contributed by atoms with van der Waals surface area (Å²) < 4.78 is 16.1. The lowest BCUT2D eigenvalue weighted by atomic mass is 10.2. The predicted molar refractivity (Wildman–Crippen MR) is 106 cm³/mol. The molecule has 0 aliphatic heterocycles. The summed E-state index contributed by atoms with van der Waals surface area (Å²) in [5.41, 5.74) is 3.59. The number of amides is 1. The average Bonchev–Trinajstić information content (AvgIpc) is 2.67. The lowest BCUT2D eigenvalue weighted by Gasteiger charge is -2.12. The number of ether oxygens (including phenoxy) is 3. The molecule has 2 rings (SSSR count). The van der Waals surface area contributed by atoms with Gasteiger partial charge in [-0.05, 0) is 48.9 Å². The Morgan fingerprint density at radius 2 is 1.96 bits per heavy atom. The molecule has 2 aromatic carbocycles. The molecule has 0 radical (unpaired) electrons. The van der Waals surface area contributed by atoms with Crippen molar-refractivity contribution in [3.05, 3.63) is 65.2 Å². The largest absolute Gasteiger partial charge is 0.495 e. The van der Waals surface area contributed by atoms with Crippen LogP contribution in [0.25, 0.3) is 0 Å². The molecule has 0 heterocycles. The van der Waals surface area contributed by atoms with Crippen molar-refractivity contribution in [3.63, 3.8) is 0 Å². The van der Waals surface area contributed by atoms with E-state index in [0.29, 0.717) is 41.0 Å². The van der Waals surface area contributed by atoms with Crippen LogP contribution in [0.3, 0.4) is 0 Å². The minimum atomic E-state index is -0.373. The molecule has 0 aliphatic rings. The fraction of sp³-hybridized carbons (Fsp3) is 0.200. The number of carbonyl (C=O) groups excluding carboxylic acids is 1. The van der Waals surface area contributed by atoms with E-state index >= 15 is 0 Å². The third-order valence-corrected chi connectivity index (χ3v) is 3.71. The molecule has 0 aromatic heterocycles. The molecule has 7 heteroatoms. The second-order valence-corrected chi connectivity index (χ2v) is 5.69. The highest BCUT2D eigenvalue weighted by atomic mass is 35.5. The first-order valence-corrected chi connectivity index (χ1v) is 8.64. The Morgan fingerprint density at radius 3 is 2.63 bits per heavy atom. The van der Waals surface area contributed by atoms with Gasteiger partial charge in [-0.15, -0.1) is 0 Å². The van der Waals surface area contributed by atoms with Crippen molar-refractivity contribution in [2.75, 3.05) is 20.3 Å². The van der Waals surface area contributed by atoms with Crippen LogP contribution in [-0.4, -0.2) is 32.4 Å². The summed E-state index contributed by atoms with van der Waals surface area (Å²) in [6, 6.07) is 10.1. The quantitative estimate of drug-likeness (QED) is 0.399. The summed E-state index contributed by atoms with van der Waals surface area (Å²) >= 11 is 6.06. The van der Waals surface area contributed by atoms with Crippen molar-refractivity contribution in [1.82, 2.24) is 5.43 Å². The second kappa shape index (κ2) is 10.2. The fourth-order valence-corrected chi connectivity index (χ4v) is 2.44. The highest BCUT2D eigenvalue weighted by Crippen LogP contribution is 2.28. The van der Waals surface area contributed by atoms with Gasteiger partial charge < -0.3 is 14.2 Å². The van der Waals surface area contributed by atoms with E-state index in [9.17, 15) is 4.79 Å². The molecule has 1 N–H and O–H groups in total. The van der Waals surface area contributed by atoms with Crippen LogP contribution in [0.4, 0.5) is 0 Å². The summed E-state index contributed by atoms with van der Waals surface area (Å²) in [6.07, 6.45) is 3.13. The van der Waals surface area contributed by atoms with Crippen LogP contribution >= 0.6 is 11.6 Å². The Labute approximate surface area is 163 Å². The number of nitrogens with one attached hydrogen (secondary N) is 1. The third-order valence-electron chi connectivity index (χ3n) is 3.42. The summed E-state index contributed by atoms with van der Waals surface area (Å²) in [5, 5.41) is 4.42. The highest BCUT2D eigenvalue weighted by molar-refractivity contribution is 6.32. The molecule has 142 valence electrons. The van der Waals surface area contributed by atoms with Gasteiger partial charge in [0.05, 0.1) is 25.0 Å². The Morgan fingerprint density at radius 1 is 1.19 bits per heavy atom. The number of methoxy groups -OCH3 is 1. The van der Waals surface area contributed by atoms with E-state index in [0.717, 1.165) is 5.56 Å². The third kappa shape index (κ3) is 5.76. The summed E-state index contributed by atoms with van der Waals surface area (Å²) in [6.45, 7) is 6.26. The van der Waals surface area contributed by atoms with E-state index in [1.54, 1.807) is 49.6 Å². The molecule has 0 aliphatic carbocycles. The molecule has 0 fully saturated rings. The zero-order chi connectivity index (χ0) is 19.6. The van der Waals surface area contributed by atoms with Gasteiger partial charge in [0, 0.05) is 5.56 Å². The number of rotatable bonds is 9. The number of benzene rings is 2. The number of hydrogen-bond acceptors (Lipinski definition) is 5. The topological polar surface area (TPSA) is 69.2 Å². The SMILES string of the molecule is C=CCOc1ccc(C(=O)N/N=C/c2ccc(OC)c(Cl)c2)cc1OCC. The summed E-state index contributed by atoms with van der Waals surface area (Å²) in [7, 11) is 1.54. The van der Waals surface area contributed by atoms with Crippen LogP contribution in [0.5, 0.6) is 17.2 Å². The number of carbonyl (C=O) groups is 1. The Balaban J connectivity index is 2.07. The van der Waals surface area contributed by atoms with Gasteiger partial charge in [0.15, 0.2) is 11.5 Å². The van der Waals surface area contributed by atoms with Crippen molar-refractivity contribution < 1.29 is 19.0 Å². The number of hydrogen-bond donors (Lipinski definition) is 1. The molecule has 1 amide bonds. The lowest BCUT2D eigenvalue weighted by molar-refractivity contribution is 0.0954. The maximum Gasteiger partial charge on any atom is 0.271 e. The molecular weight excluding hydrogens is 368 g/mol. The minimum Gasteiger partial charge on any atom is -0.495 e. The molecule has 0 atom stereocenters. The van der Waals surface area contributed by atoms with Gasteiger partial charge in [0.1, 0.15) is 12.4 Å². The van der Waals surface area contributed by atoms with Gasteiger partial charge >= 0.3 is 0 Å². The van der Waals surface area contributed by atoms with E-state index in [-0.39, 0.29) is 5.91 Å². The molecule has 0 spiro atoms. The monoisotopic (exact) mass is 388 g/mol. The maximum atomic E-state index is 12.3. The van der Waals surface area contributed by atoms with Crippen molar-refractivity contribution in [2.24, 2.45) is 5.10 Å². The van der Waals surface area contributed by atoms with Gasteiger partial charge in [0.2, 0.25) is 0 Å². The van der Waals surface area contributed by atoms with Crippen LogP contribution < -0.4 is 19.6 Å². The van der Waals surface area contributed by atoms with Crippen LogP contribution in [0.2, 0.25) is 5.02 Å². The van der Waals surface area contributed by atoms with Gasteiger partial charge in [-0.25, -0.2) is 5.43 Å². The first kappa shape index (κ1) is 20.3. The van der Waals surface area contributed by atoms with Crippen LogP contribution in [0.15, 0.2) is 54.2 Å². The van der Waals surface area contributed by atoms with E-state index in [4.69, 9.17) is 25.8 Å². The molecule has 0 saturated heterocycles. The fourth-order valence-electron chi connectivity index (χ4n) is 2.18. The molecule has 0 saturated carbocycles. The van der Waals surface area contributed by atoms with Gasteiger partial charge in [-0.1, -0.05) is 24.3 Å². The standard InChI is InChI=1S/C20H21ClN2O4/c1-4-10-27-18-9-7-15(12-19(18)26-5-2)20(24)23-22-13-14-6-8-17(25-3)16(21)11-14/h4,6-9,11-13H,1,5,10H2,2-3H3,(H,23,24)/b22-13+. The predicted octanol–water partition coefficient (Wildman–Crippen LogP) is 4.08. The minimum absolute atomic E-state index is 0.348. The van der Waals surface area contributed by atoms with E-state index in [2.05, 4.69) is 17.1 Å². The zero-order valence-corrected chi connectivity index (χ0v) is 16.0. The van der Waals surface area contributed by atoms with Crippen molar-refractivity contribution >= 4 is 23.7 Å². The first-order valence-electron chi connectivity index (χ1n) is 8.26. The van der Waals surface area contributed by atoms with Crippen molar-refractivity contribution in [2.45, 2.75) is 6.92 Å². The molecular formula is C20H21ClN2O4. The Hall–Kier alpha value is -2.99. The lowest BCUT2D eigenvalue weighted by Crippen LogP contribution is -2.17. The summed E-state index contributed by atoms with van der Waals surface area (Å²) in [5.74, 6) is 1.23. The second-order valence-electron chi connectivity index (χ2n) is 5.29. The first-order chi connectivity index (χ1) is 13.1. The van der Waals surface area contributed by atoms with Crippen molar-refractivity contribution in [3.8, 4) is 17.2 Å². The van der Waals surface area contributed by atoms with Gasteiger partial charge in [0.25, 0.3) is 5.91 Å². The van der Waals surface area contributed by atoms with Crippen LogP contribution in [0, 0.1) is 0 Å². The van der Waals surface area contributed by atoms with E-state index < -0.39 is 0 Å². The zero-order valence-electron chi connectivity index (χ0n) is 15.2. The molecule has 27 heavy (non-hydrogen) atoms. The Kier molecular flexibility index (Phi) is 7.70. The highest BCUT2D eigenvalue weighted by Gasteiger charge is 2.11. The number of halogens is 1. The molecule has 6 nitrogen and oxygen atoms in total. The summed E-state index contributed by atoms with van der Waals surface area (Å²) in [4.78, 5) is 12.3. The van der Waals surface area contributed by atoms with Gasteiger partial charge in [-0.2, -0.15) is 5.10 Å². The number of nitrogens with zero attached hydrogens (tertiary/aromatic N) is 1.